The molecule has 0 atom stereocenters. The van der Waals surface area contributed by atoms with Crippen molar-refractivity contribution < 1.29 is 21.7 Å². The second kappa shape index (κ2) is 57.8. The molecule has 3 N–H and O–H groups in total. The van der Waals surface area contributed by atoms with Gasteiger partial charge in [-0.05, 0) is 0 Å². The van der Waals surface area contributed by atoms with Crippen LogP contribution in [0.25, 0.3) is 0 Å². The minimum absolute atomic E-state index is 0. The number of rotatable bonds is 0. The Hall–Kier alpha value is 0.674. The Morgan fingerprint density at radius 2 is 0.750 bits per heavy atom. The van der Waals surface area contributed by atoms with Crippen molar-refractivity contribution in [1.82, 2.24) is 6.15 Å². The minimum Gasteiger partial charge on any atom is -0.358 e. The molecule has 0 amide bonds. The van der Waals surface area contributed by atoms with Crippen LogP contribution in [0.3, 0.4) is 0 Å². The summed E-state index contributed by atoms with van der Waals surface area (Å²) < 4.78 is 0. The largest absolute Gasteiger partial charge is 2.00 e. The predicted octanol–water partition coefficient (Wildman–Crippen LogP) is 1.06. The molecule has 0 saturated carbocycles. The standard InChI is InChI=1S/2CH3.H3N.Ti/h3*1H3;/q2*-1;;+2. The van der Waals surface area contributed by atoms with Crippen LogP contribution in [-0.4, -0.2) is 0 Å². The molecule has 0 aliphatic carbocycles. The fraction of sp³-hybridized carbons (Fsp3) is 0. The van der Waals surface area contributed by atoms with E-state index in [2.05, 4.69) is 0 Å². The van der Waals surface area contributed by atoms with E-state index < -0.39 is 0 Å². The van der Waals surface area contributed by atoms with E-state index in [1.165, 1.54) is 0 Å². The van der Waals surface area contributed by atoms with Crippen LogP contribution >= 0.6 is 0 Å². The van der Waals surface area contributed by atoms with E-state index in [0.29, 0.717) is 0 Å². The summed E-state index contributed by atoms with van der Waals surface area (Å²) in [6.07, 6.45) is 0. The van der Waals surface area contributed by atoms with E-state index in [0.717, 1.165) is 0 Å². The number of hydrogen-bond acceptors (Lipinski definition) is 1. The van der Waals surface area contributed by atoms with Gasteiger partial charge in [0, 0.05) is 0 Å². The van der Waals surface area contributed by atoms with Gasteiger partial charge in [0.25, 0.3) is 0 Å². The van der Waals surface area contributed by atoms with Gasteiger partial charge in [-0.3, -0.25) is 0 Å². The van der Waals surface area contributed by atoms with Gasteiger partial charge < -0.3 is 21.0 Å². The summed E-state index contributed by atoms with van der Waals surface area (Å²) in [5, 5.41) is 0. The van der Waals surface area contributed by atoms with E-state index in [9.17, 15) is 0 Å². The molecule has 2 heteroatoms. The number of hydrogen-bond donors (Lipinski definition) is 1. The quantitative estimate of drug-likeness (QED) is 0.354. The zero-order valence-electron chi connectivity index (χ0n) is 3.21. The monoisotopic (exact) mass is 95.0 g/mol. The second-order valence-electron chi connectivity index (χ2n) is 0. The van der Waals surface area contributed by atoms with Crippen molar-refractivity contribution in [2.24, 2.45) is 0 Å². The zero-order valence-corrected chi connectivity index (χ0v) is 4.77. The maximum atomic E-state index is 0. The third-order valence-electron chi connectivity index (χ3n) is 0. The molecule has 0 aromatic rings. The smallest absolute Gasteiger partial charge is 0.358 e. The first-order valence-corrected chi connectivity index (χ1v) is 0. The minimum atomic E-state index is 0. The molecular formula is C2H9NTi. The van der Waals surface area contributed by atoms with Crippen LogP contribution in [0.15, 0.2) is 0 Å². The maximum Gasteiger partial charge on any atom is 2.00 e. The molecule has 0 aliphatic heterocycles. The van der Waals surface area contributed by atoms with Crippen molar-refractivity contribution in [2.75, 3.05) is 0 Å². The molecule has 0 spiro atoms. The molecule has 0 unspecified atom stereocenters. The topological polar surface area (TPSA) is 35.0 Å². The molecular weight excluding hydrogens is 85.9 g/mol. The van der Waals surface area contributed by atoms with Gasteiger partial charge in [0.2, 0.25) is 0 Å². The Kier molecular flexibility index (Phi) is 2010. The van der Waals surface area contributed by atoms with Crippen LogP contribution in [0.1, 0.15) is 0 Å². The van der Waals surface area contributed by atoms with Crippen LogP contribution in [-0.2, 0) is 21.7 Å². The van der Waals surface area contributed by atoms with Crippen molar-refractivity contribution in [3.8, 4) is 0 Å². The predicted molar refractivity (Wildman–Crippen MR) is 17.9 cm³/mol. The van der Waals surface area contributed by atoms with Crippen molar-refractivity contribution in [2.45, 2.75) is 0 Å². The van der Waals surface area contributed by atoms with Gasteiger partial charge >= 0.3 is 21.7 Å². The molecule has 1 nitrogen and oxygen atoms in total. The molecule has 0 rings (SSSR count). The Balaban J connectivity index is 0. The Bertz CT molecular complexity index is 6.00. The Labute approximate surface area is 43.3 Å². The average Bonchev–Trinajstić information content (AvgIpc) is 0. The van der Waals surface area contributed by atoms with Gasteiger partial charge in [-0.15, -0.1) is 0 Å². The summed E-state index contributed by atoms with van der Waals surface area (Å²) in [7, 11) is 0. The Morgan fingerprint density at radius 3 is 0.750 bits per heavy atom. The first-order chi connectivity index (χ1) is 0. The van der Waals surface area contributed by atoms with Gasteiger partial charge in [-0.25, -0.2) is 0 Å². The van der Waals surface area contributed by atoms with Crippen molar-refractivity contribution in [3.63, 3.8) is 0 Å². The average molecular weight is 95.0 g/mol. The summed E-state index contributed by atoms with van der Waals surface area (Å²) in [6.45, 7) is 0. The molecule has 0 aliphatic rings. The SMILES string of the molecule is N.[CH3-].[CH3-].[Ti+2]. The van der Waals surface area contributed by atoms with Gasteiger partial charge in [0.15, 0.2) is 0 Å². The molecule has 26 valence electrons. The fourth-order valence-corrected chi connectivity index (χ4v) is 0. The molecule has 0 bridgehead atoms. The summed E-state index contributed by atoms with van der Waals surface area (Å²) in [5.41, 5.74) is 0. The molecule has 0 heterocycles. The van der Waals surface area contributed by atoms with Crippen LogP contribution in [0.4, 0.5) is 0 Å². The fourth-order valence-electron chi connectivity index (χ4n) is 0. The second-order valence-corrected chi connectivity index (χ2v) is 0. The van der Waals surface area contributed by atoms with Crippen molar-refractivity contribution >= 4 is 0 Å². The first-order valence-electron chi connectivity index (χ1n) is 0. The normalized spacial score (nSPS) is 0. The molecule has 0 fully saturated rings. The summed E-state index contributed by atoms with van der Waals surface area (Å²) in [4.78, 5) is 0. The maximum absolute atomic E-state index is 0. The summed E-state index contributed by atoms with van der Waals surface area (Å²) in [5.74, 6) is 0. The van der Waals surface area contributed by atoms with E-state index in [1.807, 2.05) is 0 Å². The van der Waals surface area contributed by atoms with E-state index >= 15 is 0 Å². The molecule has 0 aromatic carbocycles. The third-order valence-corrected chi connectivity index (χ3v) is 0. The van der Waals surface area contributed by atoms with Crippen LogP contribution in [0.2, 0.25) is 0 Å². The zero-order chi connectivity index (χ0) is 0. The van der Waals surface area contributed by atoms with Gasteiger partial charge in [-0.2, -0.15) is 0 Å². The van der Waals surface area contributed by atoms with Gasteiger partial charge in [-0.1, -0.05) is 0 Å². The molecule has 4 heavy (non-hydrogen) atoms. The Morgan fingerprint density at radius 1 is 0.750 bits per heavy atom. The molecule has 0 aromatic heterocycles. The third kappa shape index (κ3) is 16.5. The van der Waals surface area contributed by atoms with Gasteiger partial charge in [0.05, 0.1) is 0 Å². The summed E-state index contributed by atoms with van der Waals surface area (Å²) in [6, 6.07) is 0. The summed E-state index contributed by atoms with van der Waals surface area (Å²) >= 11 is 0. The van der Waals surface area contributed by atoms with E-state index in [1.54, 1.807) is 0 Å². The van der Waals surface area contributed by atoms with Crippen molar-refractivity contribution in [1.29, 1.82) is 0 Å². The van der Waals surface area contributed by atoms with Gasteiger partial charge in [0.1, 0.15) is 0 Å². The van der Waals surface area contributed by atoms with Crippen LogP contribution in [0.5, 0.6) is 0 Å². The van der Waals surface area contributed by atoms with E-state index in [4.69, 9.17) is 0 Å². The first kappa shape index (κ1) is 139. The van der Waals surface area contributed by atoms with Crippen LogP contribution in [0, 0.1) is 14.9 Å². The molecule has 0 saturated heterocycles. The molecule has 0 radical (unpaired) electrons. The van der Waals surface area contributed by atoms with Crippen molar-refractivity contribution in [3.05, 3.63) is 14.9 Å². The van der Waals surface area contributed by atoms with Crippen LogP contribution < -0.4 is 6.15 Å². The van der Waals surface area contributed by atoms with E-state index in [-0.39, 0.29) is 42.7 Å².